The average molecular weight is 210 g/mol. The third-order valence-electron chi connectivity index (χ3n) is 3.84. The fourth-order valence-corrected chi connectivity index (χ4v) is 3.13. The lowest BCUT2D eigenvalue weighted by Crippen LogP contribution is -2.33. The van der Waals surface area contributed by atoms with Crippen LogP contribution in [0.25, 0.3) is 0 Å². The van der Waals surface area contributed by atoms with Gasteiger partial charge in [0.15, 0.2) is 5.78 Å². The highest BCUT2D eigenvalue weighted by atomic mass is 16.7. The molecule has 4 nitrogen and oxygen atoms in total. The molecule has 1 saturated heterocycles. The molecule has 1 N–H and O–H groups in total. The number of carbonyl (C=O) groups excluding carboxylic acids is 1. The smallest absolute Gasteiger partial charge is 0.202 e. The summed E-state index contributed by atoms with van der Waals surface area (Å²) in [4.78, 5) is 11.5. The molecule has 2 fully saturated rings. The number of rotatable bonds is 2. The molecular weight excluding hydrogens is 196 g/mol. The van der Waals surface area contributed by atoms with Crippen LogP contribution < -0.4 is 0 Å². The summed E-state index contributed by atoms with van der Waals surface area (Å²) in [6.45, 7) is 0.328. The number of ether oxygens (including phenoxy) is 2. The van der Waals surface area contributed by atoms with Gasteiger partial charge in [-0.25, -0.2) is 0 Å². The topological polar surface area (TPSA) is 55.8 Å². The molecule has 0 radical (unpaired) electrons. The van der Waals surface area contributed by atoms with E-state index in [1.807, 2.05) is 0 Å². The van der Waals surface area contributed by atoms with Crippen molar-refractivity contribution in [2.75, 3.05) is 13.2 Å². The Morgan fingerprint density at radius 3 is 3.20 bits per heavy atom. The standard InChI is InChI=1S/C11H14O4/c12-3-9(13)8-5-15-11-10-6(4-14-11)1-2-7(8)10/h5-7,10-12H,1-4H2. The van der Waals surface area contributed by atoms with E-state index in [1.165, 1.54) is 6.26 Å². The van der Waals surface area contributed by atoms with Gasteiger partial charge >= 0.3 is 0 Å². The van der Waals surface area contributed by atoms with Crippen molar-refractivity contribution in [2.45, 2.75) is 19.1 Å². The molecular formula is C11H14O4. The van der Waals surface area contributed by atoms with Gasteiger partial charge in [-0.15, -0.1) is 0 Å². The molecule has 0 amide bonds. The maximum absolute atomic E-state index is 11.5. The Labute approximate surface area is 87.9 Å². The average Bonchev–Trinajstić information content (AvgIpc) is 2.86. The summed E-state index contributed by atoms with van der Waals surface area (Å²) < 4.78 is 10.9. The molecule has 0 aromatic heterocycles. The van der Waals surface area contributed by atoms with Gasteiger partial charge < -0.3 is 14.6 Å². The fraction of sp³-hybridized carbons (Fsp3) is 0.727. The molecule has 0 aromatic carbocycles. The first-order valence-electron chi connectivity index (χ1n) is 5.42. The van der Waals surface area contributed by atoms with E-state index in [4.69, 9.17) is 14.6 Å². The third-order valence-corrected chi connectivity index (χ3v) is 3.84. The van der Waals surface area contributed by atoms with Crippen molar-refractivity contribution in [3.8, 4) is 0 Å². The van der Waals surface area contributed by atoms with E-state index >= 15 is 0 Å². The predicted molar refractivity (Wildman–Crippen MR) is 50.7 cm³/mol. The first-order valence-corrected chi connectivity index (χ1v) is 5.42. The summed E-state index contributed by atoms with van der Waals surface area (Å²) in [5.74, 6) is 0.914. The Kier molecular flexibility index (Phi) is 2.07. The second-order valence-corrected chi connectivity index (χ2v) is 4.51. The molecule has 1 saturated carbocycles. The molecule has 0 spiro atoms. The van der Waals surface area contributed by atoms with Crippen LogP contribution in [0.1, 0.15) is 12.8 Å². The Hall–Kier alpha value is -0.870. The van der Waals surface area contributed by atoms with E-state index in [-0.39, 0.29) is 18.0 Å². The van der Waals surface area contributed by atoms with Crippen LogP contribution in [0.5, 0.6) is 0 Å². The monoisotopic (exact) mass is 210 g/mol. The highest BCUT2D eigenvalue weighted by Crippen LogP contribution is 2.50. The van der Waals surface area contributed by atoms with Crippen molar-refractivity contribution < 1.29 is 19.4 Å². The normalized spacial score (nSPS) is 42.1. The molecule has 15 heavy (non-hydrogen) atoms. The van der Waals surface area contributed by atoms with Gasteiger partial charge in [-0.3, -0.25) is 4.79 Å². The van der Waals surface area contributed by atoms with Crippen LogP contribution in [-0.4, -0.2) is 30.4 Å². The van der Waals surface area contributed by atoms with E-state index in [2.05, 4.69) is 0 Å². The van der Waals surface area contributed by atoms with Gasteiger partial charge in [0, 0.05) is 11.5 Å². The summed E-state index contributed by atoms with van der Waals surface area (Å²) in [7, 11) is 0. The van der Waals surface area contributed by atoms with Gasteiger partial charge in [0.2, 0.25) is 6.29 Å². The minimum atomic E-state index is -0.422. The van der Waals surface area contributed by atoms with E-state index in [1.54, 1.807) is 0 Å². The van der Waals surface area contributed by atoms with Crippen molar-refractivity contribution in [3.05, 3.63) is 11.8 Å². The number of Topliss-reactive ketones (excluding diaryl/α,β-unsaturated/α-hetero) is 1. The Balaban J connectivity index is 1.90. The minimum Gasteiger partial charge on any atom is -0.472 e. The molecule has 0 bridgehead atoms. The van der Waals surface area contributed by atoms with Crippen molar-refractivity contribution in [2.24, 2.45) is 17.8 Å². The summed E-state index contributed by atoms with van der Waals surface area (Å²) in [6.07, 6.45) is 3.47. The molecule has 4 atom stereocenters. The van der Waals surface area contributed by atoms with Crippen molar-refractivity contribution in [1.29, 1.82) is 0 Å². The summed E-state index contributed by atoms with van der Waals surface area (Å²) in [6, 6.07) is 0. The van der Waals surface area contributed by atoms with Crippen molar-refractivity contribution in [1.82, 2.24) is 0 Å². The quantitative estimate of drug-likeness (QED) is 0.719. The number of carbonyl (C=O) groups is 1. The van der Waals surface area contributed by atoms with Gasteiger partial charge in [0.05, 0.1) is 12.9 Å². The molecule has 2 aliphatic heterocycles. The Morgan fingerprint density at radius 2 is 2.40 bits per heavy atom. The predicted octanol–water partition coefficient (Wildman–Crippen LogP) is 0.461. The number of hydrogen-bond donors (Lipinski definition) is 1. The van der Waals surface area contributed by atoms with Crippen molar-refractivity contribution in [3.63, 3.8) is 0 Å². The van der Waals surface area contributed by atoms with Gasteiger partial charge in [-0.1, -0.05) is 0 Å². The molecule has 3 rings (SSSR count). The Morgan fingerprint density at radius 1 is 1.53 bits per heavy atom. The zero-order valence-corrected chi connectivity index (χ0v) is 8.39. The van der Waals surface area contributed by atoms with Gasteiger partial charge in [-0.2, -0.15) is 0 Å². The maximum atomic E-state index is 11.5. The lowest BCUT2D eigenvalue weighted by molar-refractivity contribution is -0.125. The van der Waals surface area contributed by atoms with E-state index in [0.717, 1.165) is 19.4 Å². The van der Waals surface area contributed by atoms with Crippen LogP contribution >= 0.6 is 0 Å². The lowest BCUT2D eigenvalue weighted by Gasteiger charge is -2.29. The highest BCUT2D eigenvalue weighted by molar-refractivity contribution is 5.96. The Bertz CT molecular complexity index is 323. The number of aliphatic hydroxyl groups excluding tert-OH is 1. The first-order chi connectivity index (χ1) is 7.31. The number of ketones is 1. The molecule has 4 heteroatoms. The van der Waals surface area contributed by atoms with Gasteiger partial charge in [0.1, 0.15) is 6.61 Å². The third kappa shape index (κ3) is 1.25. The maximum Gasteiger partial charge on any atom is 0.202 e. The first kappa shape index (κ1) is 9.36. The molecule has 1 aliphatic carbocycles. The van der Waals surface area contributed by atoms with E-state index in [9.17, 15) is 4.79 Å². The molecule has 3 aliphatic rings. The zero-order chi connectivity index (χ0) is 10.4. The second-order valence-electron chi connectivity index (χ2n) is 4.51. The van der Waals surface area contributed by atoms with Crippen LogP contribution in [0.15, 0.2) is 11.8 Å². The van der Waals surface area contributed by atoms with Crippen LogP contribution in [0.2, 0.25) is 0 Å². The fourth-order valence-electron chi connectivity index (χ4n) is 3.13. The van der Waals surface area contributed by atoms with Crippen LogP contribution in [-0.2, 0) is 14.3 Å². The number of hydrogen-bond acceptors (Lipinski definition) is 4. The second kappa shape index (κ2) is 3.32. The van der Waals surface area contributed by atoms with Crippen LogP contribution in [0.3, 0.4) is 0 Å². The highest BCUT2D eigenvalue weighted by Gasteiger charge is 2.51. The van der Waals surface area contributed by atoms with Crippen molar-refractivity contribution >= 4 is 5.78 Å². The lowest BCUT2D eigenvalue weighted by atomic mass is 9.83. The van der Waals surface area contributed by atoms with Crippen LogP contribution in [0, 0.1) is 17.8 Å². The summed E-state index contributed by atoms with van der Waals surface area (Å²) >= 11 is 0. The molecule has 4 unspecified atom stereocenters. The zero-order valence-electron chi connectivity index (χ0n) is 8.39. The molecule has 82 valence electrons. The van der Waals surface area contributed by atoms with Gasteiger partial charge in [-0.05, 0) is 24.7 Å². The largest absolute Gasteiger partial charge is 0.472 e. The number of aliphatic hydroxyl groups is 1. The van der Waals surface area contributed by atoms with Gasteiger partial charge in [0.25, 0.3) is 0 Å². The van der Waals surface area contributed by atoms with Crippen LogP contribution in [0.4, 0.5) is 0 Å². The van der Waals surface area contributed by atoms with E-state index in [0.29, 0.717) is 17.4 Å². The molecule has 2 heterocycles. The summed E-state index contributed by atoms with van der Waals surface area (Å²) in [5, 5.41) is 8.88. The van der Waals surface area contributed by atoms with E-state index < -0.39 is 6.61 Å². The molecule has 0 aromatic rings. The summed E-state index contributed by atoms with van der Waals surface area (Å²) in [5.41, 5.74) is 0.659. The minimum absolute atomic E-state index is 0.155. The SMILES string of the molecule is O=C(CO)C1=COC2OCC3CCC1C32.